The Morgan fingerprint density at radius 3 is 1.91 bits per heavy atom. The molecule has 0 saturated heterocycles. The van der Waals surface area contributed by atoms with E-state index in [0.717, 1.165) is 11.3 Å². The van der Waals surface area contributed by atoms with Crippen LogP contribution in [-0.4, -0.2) is 5.91 Å². The van der Waals surface area contributed by atoms with E-state index in [1.165, 1.54) is 5.56 Å². The number of nitrogens with zero attached hydrogens (tertiary/aromatic N) is 1. The van der Waals surface area contributed by atoms with Crippen molar-refractivity contribution in [1.82, 2.24) is 0 Å². The van der Waals surface area contributed by atoms with Gasteiger partial charge in [-0.3, -0.25) is 9.69 Å². The van der Waals surface area contributed by atoms with E-state index in [-0.39, 0.29) is 22.3 Å². The van der Waals surface area contributed by atoms with Crippen LogP contribution < -0.4 is 4.90 Å². The van der Waals surface area contributed by atoms with E-state index < -0.39 is 0 Å². The first kappa shape index (κ1) is 13.6. The van der Waals surface area contributed by atoms with E-state index in [0.29, 0.717) is 0 Å². The molecule has 1 aliphatic heterocycles. The molecule has 0 aromatic heterocycles. The number of benzene rings is 2. The summed E-state index contributed by atoms with van der Waals surface area (Å²) < 4.78 is 0. The van der Waals surface area contributed by atoms with Crippen molar-refractivity contribution in [3.63, 3.8) is 0 Å². The van der Waals surface area contributed by atoms with Crippen LogP contribution in [0.4, 0.5) is 5.69 Å². The van der Waals surface area contributed by atoms with E-state index in [1.54, 1.807) is 0 Å². The zero-order chi connectivity index (χ0) is 15.8. The maximum atomic E-state index is 13.2. The van der Waals surface area contributed by atoms with E-state index >= 15 is 0 Å². The number of hydrogen-bond donors (Lipinski definition) is 0. The summed E-state index contributed by atoms with van der Waals surface area (Å²) in [5, 5.41) is 0. The first-order valence-electron chi connectivity index (χ1n) is 7.86. The van der Waals surface area contributed by atoms with Crippen LogP contribution in [0, 0.1) is 10.8 Å². The lowest BCUT2D eigenvalue weighted by molar-refractivity contribution is 0.0982. The Balaban J connectivity index is 2.03. The minimum absolute atomic E-state index is 0.0259. The lowest BCUT2D eigenvalue weighted by Gasteiger charge is -2.30. The minimum Gasteiger partial charge on any atom is -0.297 e. The molecule has 0 radical (unpaired) electrons. The van der Waals surface area contributed by atoms with Crippen molar-refractivity contribution in [3.05, 3.63) is 65.7 Å². The average molecular weight is 291 g/mol. The Morgan fingerprint density at radius 2 is 1.32 bits per heavy atom. The number of fused-ring (bicyclic) bond motifs is 2. The third kappa shape index (κ3) is 1.18. The highest BCUT2D eigenvalue weighted by molar-refractivity contribution is 6.13. The van der Waals surface area contributed by atoms with E-state index in [9.17, 15) is 4.79 Å². The molecule has 0 N–H and O–H groups in total. The average Bonchev–Trinajstić information content (AvgIpc) is 2.77. The largest absolute Gasteiger partial charge is 0.297 e. The SMILES string of the molecule is CC1(C)C(C)(C)C12c1ccccc1C(=O)N2c1ccccc1. The van der Waals surface area contributed by atoms with Crippen molar-refractivity contribution in [3.8, 4) is 0 Å². The van der Waals surface area contributed by atoms with Crippen LogP contribution in [0.25, 0.3) is 0 Å². The molecule has 1 fully saturated rings. The van der Waals surface area contributed by atoms with Crippen LogP contribution in [0.2, 0.25) is 0 Å². The van der Waals surface area contributed by atoms with Crippen LogP contribution in [0.3, 0.4) is 0 Å². The molecule has 0 unspecified atom stereocenters. The quantitative estimate of drug-likeness (QED) is 0.751. The van der Waals surface area contributed by atoms with Gasteiger partial charge >= 0.3 is 0 Å². The third-order valence-corrected chi connectivity index (χ3v) is 6.41. The second-order valence-corrected chi connectivity index (χ2v) is 7.48. The van der Waals surface area contributed by atoms with Crippen molar-refractivity contribution in [2.75, 3.05) is 4.90 Å². The van der Waals surface area contributed by atoms with Gasteiger partial charge in [-0.1, -0.05) is 64.1 Å². The fourth-order valence-electron chi connectivity index (χ4n) is 4.78. The third-order valence-electron chi connectivity index (χ3n) is 6.41. The zero-order valence-electron chi connectivity index (χ0n) is 13.6. The second kappa shape index (κ2) is 3.81. The Labute approximate surface area is 131 Å². The van der Waals surface area contributed by atoms with Gasteiger partial charge in [-0.25, -0.2) is 0 Å². The van der Waals surface area contributed by atoms with Crippen molar-refractivity contribution in [1.29, 1.82) is 0 Å². The van der Waals surface area contributed by atoms with E-state index in [2.05, 4.69) is 33.8 Å². The summed E-state index contributed by atoms with van der Waals surface area (Å²) in [7, 11) is 0. The van der Waals surface area contributed by atoms with Crippen molar-refractivity contribution >= 4 is 11.6 Å². The van der Waals surface area contributed by atoms with Gasteiger partial charge in [-0.05, 0) is 23.8 Å². The molecule has 4 rings (SSSR count). The Bertz CT molecular complexity index is 759. The monoisotopic (exact) mass is 291 g/mol. The Morgan fingerprint density at radius 1 is 0.773 bits per heavy atom. The molecule has 1 saturated carbocycles. The normalized spacial score (nSPS) is 22.7. The number of rotatable bonds is 1. The van der Waals surface area contributed by atoms with Crippen LogP contribution in [0.1, 0.15) is 43.6 Å². The summed E-state index contributed by atoms with van der Waals surface area (Å²) in [5.41, 5.74) is 2.82. The summed E-state index contributed by atoms with van der Waals surface area (Å²) in [4.78, 5) is 15.2. The molecular weight excluding hydrogens is 270 g/mol. The molecule has 0 atom stereocenters. The zero-order valence-corrected chi connectivity index (χ0v) is 13.6. The lowest BCUT2D eigenvalue weighted by Crippen LogP contribution is -2.38. The number of carbonyl (C=O) groups is 1. The smallest absolute Gasteiger partial charge is 0.259 e. The number of amides is 1. The van der Waals surface area contributed by atoms with Gasteiger partial charge in [-0.2, -0.15) is 0 Å². The summed E-state index contributed by atoms with van der Waals surface area (Å²) in [6.45, 7) is 9.10. The standard InChI is InChI=1S/C20H21NO/c1-18(2)19(3,4)20(18)16-13-9-8-12-15(16)17(22)21(20)14-10-6-5-7-11-14/h5-13H,1-4H3. The number of para-hydroxylation sites is 1. The summed E-state index contributed by atoms with van der Waals surface area (Å²) in [6, 6.07) is 18.2. The number of carbonyl (C=O) groups excluding carboxylic acids is 1. The minimum atomic E-state index is -0.255. The highest BCUT2D eigenvalue weighted by Crippen LogP contribution is 2.81. The summed E-state index contributed by atoms with van der Waals surface area (Å²) in [6.07, 6.45) is 0. The molecule has 2 aromatic carbocycles. The Hall–Kier alpha value is -2.09. The first-order chi connectivity index (χ1) is 10.4. The number of anilines is 1. The molecule has 0 bridgehead atoms. The predicted octanol–water partition coefficient (Wildman–Crippen LogP) is 4.61. The van der Waals surface area contributed by atoms with Gasteiger partial charge in [0.1, 0.15) is 0 Å². The second-order valence-electron chi connectivity index (χ2n) is 7.48. The number of hydrogen-bond acceptors (Lipinski definition) is 1. The molecule has 22 heavy (non-hydrogen) atoms. The van der Waals surface area contributed by atoms with Gasteiger partial charge in [0.15, 0.2) is 0 Å². The molecule has 2 nitrogen and oxygen atoms in total. The van der Waals surface area contributed by atoms with Crippen LogP contribution in [-0.2, 0) is 5.54 Å². The lowest BCUT2D eigenvalue weighted by atomic mass is 9.94. The maximum Gasteiger partial charge on any atom is 0.259 e. The fourth-order valence-corrected chi connectivity index (χ4v) is 4.78. The van der Waals surface area contributed by atoms with Crippen molar-refractivity contribution in [2.45, 2.75) is 33.2 Å². The fraction of sp³-hybridized carbons (Fsp3) is 0.350. The molecule has 2 aliphatic rings. The van der Waals surface area contributed by atoms with Gasteiger partial charge in [0, 0.05) is 22.1 Å². The van der Waals surface area contributed by atoms with Crippen LogP contribution in [0.15, 0.2) is 54.6 Å². The molecular formula is C20H21NO. The van der Waals surface area contributed by atoms with Gasteiger partial charge < -0.3 is 0 Å². The molecule has 2 aromatic rings. The molecule has 1 spiro atoms. The summed E-state index contributed by atoms with van der Waals surface area (Å²) >= 11 is 0. The Kier molecular flexibility index (Phi) is 2.35. The molecule has 112 valence electrons. The predicted molar refractivity (Wildman–Crippen MR) is 88.9 cm³/mol. The first-order valence-corrected chi connectivity index (χ1v) is 7.86. The molecule has 2 heteroatoms. The topological polar surface area (TPSA) is 20.3 Å². The van der Waals surface area contributed by atoms with Gasteiger partial charge in [0.25, 0.3) is 5.91 Å². The highest BCUT2D eigenvalue weighted by atomic mass is 16.2. The van der Waals surface area contributed by atoms with E-state index in [1.807, 2.05) is 53.4 Å². The van der Waals surface area contributed by atoms with Gasteiger partial charge in [-0.15, -0.1) is 0 Å². The molecule has 1 amide bonds. The van der Waals surface area contributed by atoms with Crippen LogP contribution in [0.5, 0.6) is 0 Å². The van der Waals surface area contributed by atoms with Crippen LogP contribution >= 0.6 is 0 Å². The van der Waals surface area contributed by atoms with Crippen molar-refractivity contribution < 1.29 is 4.79 Å². The van der Waals surface area contributed by atoms with Gasteiger partial charge in [0.2, 0.25) is 0 Å². The van der Waals surface area contributed by atoms with Gasteiger partial charge in [0.05, 0.1) is 5.54 Å². The maximum absolute atomic E-state index is 13.2. The molecule has 1 heterocycles. The van der Waals surface area contributed by atoms with Crippen molar-refractivity contribution in [2.24, 2.45) is 10.8 Å². The molecule has 1 aliphatic carbocycles. The van der Waals surface area contributed by atoms with E-state index in [4.69, 9.17) is 0 Å². The summed E-state index contributed by atoms with van der Waals surface area (Å²) in [5.74, 6) is 0.125. The highest BCUT2D eigenvalue weighted by Gasteiger charge is 2.83.